The summed E-state index contributed by atoms with van der Waals surface area (Å²) in [7, 11) is 0.0742. The second kappa shape index (κ2) is 10.3. The Morgan fingerprint density at radius 2 is 1.86 bits per heavy atom. The molecule has 0 radical (unpaired) electrons. The number of ether oxygens (including phenoxy) is 1. The van der Waals surface area contributed by atoms with E-state index in [0.717, 1.165) is 17.4 Å². The lowest BCUT2D eigenvalue weighted by Crippen LogP contribution is -2.47. The Labute approximate surface area is 173 Å². The third-order valence-corrected chi connectivity index (χ3v) is 6.51. The number of rotatable bonds is 8. The first kappa shape index (κ1) is 22.8. The van der Waals surface area contributed by atoms with Crippen molar-refractivity contribution in [2.45, 2.75) is 17.5 Å². The lowest BCUT2D eigenvalue weighted by atomic mass is 10.4. The summed E-state index contributed by atoms with van der Waals surface area (Å²) in [6, 6.07) is 6.27. The van der Waals surface area contributed by atoms with E-state index < -0.39 is 28.1 Å². The number of carbonyl (C=O) groups is 2. The molecule has 28 heavy (non-hydrogen) atoms. The van der Waals surface area contributed by atoms with Gasteiger partial charge in [-0.05, 0) is 51.3 Å². The van der Waals surface area contributed by atoms with Crippen molar-refractivity contribution in [3.8, 4) is 0 Å². The van der Waals surface area contributed by atoms with Crippen LogP contribution >= 0.6 is 15.9 Å². The molecule has 2 N–H and O–H groups in total. The minimum Gasteiger partial charge on any atom is -0.359 e. The predicted octanol–water partition coefficient (Wildman–Crippen LogP) is -0.0198. The average Bonchev–Trinajstić information content (AvgIpc) is 3.12. The van der Waals surface area contributed by atoms with E-state index in [1.54, 1.807) is 12.1 Å². The second-order valence-electron chi connectivity index (χ2n) is 6.52. The van der Waals surface area contributed by atoms with Crippen molar-refractivity contribution in [1.29, 1.82) is 0 Å². The Morgan fingerprint density at radius 1 is 1.21 bits per heavy atom. The number of nitrogens with one attached hydrogen (secondary N) is 2. The Balaban J connectivity index is 1.88. The van der Waals surface area contributed by atoms with Crippen molar-refractivity contribution >= 4 is 37.8 Å². The highest BCUT2D eigenvalue weighted by molar-refractivity contribution is 9.10. The molecular formula is C17H25BrN4O5S. The molecule has 2 amide bonds. The van der Waals surface area contributed by atoms with Gasteiger partial charge in [0, 0.05) is 17.6 Å². The normalized spacial score (nSPS) is 17.6. The number of carbonyl (C=O) groups excluding carboxylic acids is 2. The fourth-order valence-corrected chi connectivity index (χ4v) is 4.40. The van der Waals surface area contributed by atoms with Crippen LogP contribution in [0.5, 0.6) is 0 Å². The first-order valence-electron chi connectivity index (χ1n) is 8.81. The molecular weight excluding hydrogens is 452 g/mol. The van der Waals surface area contributed by atoms with Gasteiger partial charge >= 0.3 is 11.8 Å². The van der Waals surface area contributed by atoms with Crippen LogP contribution in [0.15, 0.2) is 33.6 Å². The van der Waals surface area contributed by atoms with Crippen molar-refractivity contribution in [1.82, 2.24) is 19.8 Å². The summed E-state index contributed by atoms with van der Waals surface area (Å²) in [6.45, 7) is 1.46. The summed E-state index contributed by atoms with van der Waals surface area (Å²) in [5.41, 5.74) is 0. The van der Waals surface area contributed by atoms with Gasteiger partial charge in [-0.1, -0.05) is 15.9 Å². The Bertz CT molecular complexity index is 785. The fraction of sp³-hybridized carbons (Fsp3) is 0.529. The van der Waals surface area contributed by atoms with Gasteiger partial charge in [0.1, 0.15) is 6.23 Å². The van der Waals surface area contributed by atoms with Gasteiger partial charge in [0.25, 0.3) is 0 Å². The molecule has 1 aromatic carbocycles. The van der Waals surface area contributed by atoms with Crippen LogP contribution in [0.3, 0.4) is 0 Å². The van der Waals surface area contributed by atoms with E-state index >= 15 is 0 Å². The molecule has 1 saturated heterocycles. The standard InChI is InChI=1S/C17H25BrN4O5S/c1-21(2)9-3-8-19-16(23)17(24)20-12-15-22(10-11-27-15)28(25,26)14-6-4-13(18)5-7-14/h4-7,15H,3,8-12H2,1-2H3,(H,19,23)(H,20,24). The number of halogens is 1. The van der Waals surface area contributed by atoms with Crippen LogP contribution in [0, 0.1) is 0 Å². The monoisotopic (exact) mass is 476 g/mol. The van der Waals surface area contributed by atoms with Crippen LogP contribution in [0.2, 0.25) is 0 Å². The molecule has 0 aliphatic carbocycles. The molecule has 0 spiro atoms. The summed E-state index contributed by atoms with van der Waals surface area (Å²) < 4.78 is 33.0. The average molecular weight is 477 g/mol. The maximum absolute atomic E-state index is 12.8. The molecule has 0 bridgehead atoms. The van der Waals surface area contributed by atoms with E-state index in [9.17, 15) is 18.0 Å². The van der Waals surface area contributed by atoms with E-state index in [1.165, 1.54) is 16.4 Å². The first-order chi connectivity index (χ1) is 13.2. The van der Waals surface area contributed by atoms with Gasteiger partial charge in [0.05, 0.1) is 18.0 Å². The fourth-order valence-electron chi connectivity index (χ4n) is 2.62. The third-order valence-electron chi connectivity index (χ3n) is 4.07. The van der Waals surface area contributed by atoms with Crippen LogP contribution in [-0.4, -0.2) is 82.5 Å². The SMILES string of the molecule is CN(C)CCCNC(=O)C(=O)NCC1OCCN1S(=O)(=O)c1ccc(Br)cc1. The smallest absolute Gasteiger partial charge is 0.309 e. The molecule has 156 valence electrons. The van der Waals surface area contributed by atoms with Crippen molar-refractivity contribution < 1.29 is 22.7 Å². The highest BCUT2D eigenvalue weighted by atomic mass is 79.9. The summed E-state index contributed by atoms with van der Waals surface area (Å²) >= 11 is 3.27. The molecule has 1 aliphatic rings. The first-order valence-corrected chi connectivity index (χ1v) is 11.0. The van der Waals surface area contributed by atoms with Crippen LogP contribution in [0.4, 0.5) is 0 Å². The number of amides is 2. The van der Waals surface area contributed by atoms with E-state index in [2.05, 4.69) is 26.6 Å². The third kappa shape index (κ3) is 6.24. The number of hydrogen-bond acceptors (Lipinski definition) is 6. The highest BCUT2D eigenvalue weighted by Crippen LogP contribution is 2.23. The summed E-state index contributed by atoms with van der Waals surface area (Å²) in [4.78, 5) is 25.9. The van der Waals surface area contributed by atoms with Gasteiger partial charge in [-0.25, -0.2) is 8.42 Å². The lowest BCUT2D eigenvalue weighted by molar-refractivity contribution is -0.139. The zero-order valence-corrected chi connectivity index (χ0v) is 18.3. The van der Waals surface area contributed by atoms with Crippen molar-refractivity contribution in [3.05, 3.63) is 28.7 Å². The van der Waals surface area contributed by atoms with Gasteiger partial charge in [0.2, 0.25) is 10.0 Å². The predicted molar refractivity (Wildman–Crippen MR) is 107 cm³/mol. The Hall–Kier alpha value is -1.53. The van der Waals surface area contributed by atoms with Gasteiger partial charge < -0.3 is 20.3 Å². The van der Waals surface area contributed by atoms with E-state index in [1.807, 2.05) is 19.0 Å². The molecule has 1 aliphatic heterocycles. The van der Waals surface area contributed by atoms with E-state index in [-0.39, 0.29) is 24.6 Å². The molecule has 1 fully saturated rings. The summed E-state index contributed by atoms with van der Waals surface area (Å²) in [6.07, 6.45) is -0.143. The highest BCUT2D eigenvalue weighted by Gasteiger charge is 2.36. The zero-order valence-electron chi connectivity index (χ0n) is 15.9. The van der Waals surface area contributed by atoms with Crippen molar-refractivity contribution in [2.75, 3.05) is 46.9 Å². The van der Waals surface area contributed by atoms with Gasteiger partial charge in [-0.2, -0.15) is 4.31 Å². The quantitative estimate of drug-likeness (QED) is 0.403. The van der Waals surface area contributed by atoms with E-state index in [4.69, 9.17) is 4.74 Å². The maximum atomic E-state index is 12.8. The van der Waals surface area contributed by atoms with Crippen LogP contribution in [-0.2, 0) is 24.3 Å². The molecule has 1 atom stereocenters. The van der Waals surface area contributed by atoms with Gasteiger partial charge in [0.15, 0.2) is 0 Å². The zero-order chi connectivity index (χ0) is 20.7. The lowest BCUT2D eigenvalue weighted by Gasteiger charge is -2.22. The molecule has 1 unspecified atom stereocenters. The van der Waals surface area contributed by atoms with Crippen LogP contribution < -0.4 is 10.6 Å². The molecule has 11 heteroatoms. The number of nitrogens with zero attached hydrogens (tertiary/aromatic N) is 2. The number of hydrogen-bond donors (Lipinski definition) is 2. The minimum atomic E-state index is -3.77. The largest absolute Gasteiger partial charge is 0.359 e. The second-order valence-corrected chi connectivity index (χ2v) is 9.32. The van der Waals surface area contributed by atoms with Crippen LogP contribution in [0.25, 0.3) is 0 Å². The van der Waals surface area contributed by atoms with Crippen molar-refractivity contribution in [2.24, 2.45) is 0 Å². The molecule has 9 nitrogen and oxygen atoms in total. The molecule has 0 saturated carbocycles. The van der Waals surface area contributed by atoms with Crippen molar-refractivity contribution in [3.63, 3.8) is 0 Å². The minimum absolute atomic E-state index is 0.111. The maximum Gasteiger partial charge on any atom is 0.309 e. The summed E-state index contributed by atoms with van der Waals surface area (Å²) in [5, 5.41) is 4.97. The topological polar surface area (TPSA) is 108 Å². The van der Waals surface area contributed by atoms with Crippen LogP contribution in [0.1, 0.15) is 6.42 Å². The number of sulfonamides is 1. The van der Waals surface area contributed by atoms with Gasteiger partial charge in [-0.3, -0.25) is 9.59 Å². The molecule has 1 aromatic rings. The summed E-state index contributed by atoms with van der Waals surface area (Å²) in [5.74, 6) is -1.57. The molecule has 1 heterocycles. The Kier molecular flexibility index (Phi) is 8.38. The van der Waals surface area contributed by atoms with E-state index in [0.29, 0.717) is 6.54 Å². The molecule has 0 aromatic heterocycles. The Morgan fingerprint density at radius 3 is 2.50 bits per heavy atom. The molecule has 2 rings (SSSR count). The van der Waals surface area contributed by atoms with Gasteiger partial charge in [-0.15, -0.1) is 0 Å². The number of benzene rings is 1.